The third-order valence-electron chi connectivity index (χ3n) is 10.6. The fourth-order valence-corrected chi connectivity index (χ4v) is 11.7. The van der Waals surface area contributed by atoms with Crippen LogP contribution in [0.3, 0.4) is 0 Å². The summed E-state index contributed by atoms with van der Waals surface area (Å²) in [6, 6.07) is 37.0. The molecular formula is C46H47ClN8O4S4. The third-order valence-corrected chi connectivity index (χ3v) is 15.5. The minimum atomic E-state index is -3.86. The molecule has 2 saturated heterocycles. The van der Waals surface area contributed by atoms with Crippen LogP contribution >= 0.6 is 34.3 Å². The molecule has 8 rings (SSSR count). The number of rotatable bonds is 10. The number of hydrogen-bond acceptors (Lipinski definition) is 12. The molecule has 0 unspecified atom stereocenters. The summed E-state index contributed by atoms with van der Waals surface area (Å²) in [7, 11) is -7.69. The van der Waals surface area contributed by atoms with E-state index < -0.39 is 20.0 Å². The molecule has 2 aliphatic rings. The summed E-state index contributed by atoms with van der Waals surface area (Å²) in [6.07, 6.45) is 0. The van der Waals surface area contributed by atoms with Crippen molar-refractivity contribution in [1.82, 2.24) is 10.6 Å². The van der Waals surface area contributed by atoms with Crippen molar-refractivity contribution < 1.29 is 16.8 Å². The van der Waals surface area contributed by atoms with Gasteiger partial charge in [-0.1, -0.05) is 41.9 Å². The Morgan fingerprint density at radius 2 is 1.03 bits per heavy atom. The Balaban J connectivity index is 0.000000189. The number of halogens is 1. The molecular weight excluding hydrogens is 892 g/mol. The fourth-order valence-electron chi connectivity index (χ4n) is 7.81. The molecule has 0 amide bonds. The first-order chi connectivity index (χ1) is 30.1. The minimum Gasteiger partial charge on any atom is -0.368 e. The summed E-state index contributed by atoms with van der Waals surface area (Å²) in [4.78, 5) is 6.74. The Bertz CT molecular complexity index is 2840. The van der Waals surface area contributed by atoms with Crippen LogP contribution in [0.1, 0.15) is 38.8 Å². The summed E-state index contributed by atoms with van der Waals surface area (Å²) in [5.41, 5.74) is 4.77. The van der Waals surface area contributed by atoms with Gasteiger partial charge in [-0.15, -0.1) is 22.7 Å². The van der Waals surface area contributed by atoms with E-state index in [0.29, 0.717) is 39.8 Å². The first-order valence-corrected chi connectivity index (χ1v) is 25.3. The van der Waals surface area contributed by atoms with Crippen molar-refractivity contribution in [3.63, 3.8) is 0 Å². The van der Waals surface area contributed by atoms with Gasteiger partial charge >= 0.3 is 0 Å². The van der Waals surface area contributed by atoms with Gasteiger partial charge in [0, 0.05) is 71.5 Å². The lowest BCUT2D eigenvalue weighted by molar-refractivity contribution is 0.407. The Hall–Kier alpha value is -5.43. The van der Waals surface area contributed by atoms with E-state index >= 15 is 0 Å². The quantitative estimate of drug-likeness (QED) is 0.104. The predicted molar refractivity (Wildman–Crippen MR) is 257 cm³/mol. The van der Waals surface area contributed by atoms with Gasteiger partial charge in [-0.25, -0.2) is 16.8 Å². The van der Waals surface area contributed by atoms with Crippen LogP contribution < -0.4 is 29.9 Å². The molecule has 4 atom stereocenters. The molecule has 326 valence electrons. The highest BCUT2D eigenvalue weighted by molar-refractivity contribution is 7.93. The van der Waals surface area contributed by atoms with Gasteiger partial charge in [-0.05, 0) is 123 Å². The van der Waals surface area contributed by atoms with Crippen molar-refractivity contribution in [3.8, 4) is 33.0 Å². The van der Waals surface area contributed by atoms with E-state index in [1.165, 1.54) is 11.3 Å². The van der Waals surface area contributed by atoms with E-state index in [9.17, 15) is 27.4 Å². The number of nitrogens with one attached hydrogen (secondary N) is 4. The number of nitriles is 2. The van der Waals surface area contributed by atoms with Gasteiger partial charge in [0.15, 0.2) is 0 Å². The summed E-state index contributed by atoms with van der Waals surface area (Å²) < 4.78 is 58.0. The van der Waals surface area contributed by atoms with Gasteiger partial charge in [-0.2, -0.15) is 10.5 Å². The Kier molecular flexibility index (Phi) is 14.1. The number of thiophene rings is 2. The van der Waals surface area contributed by atoms with Crippen LogP contribution in [-0.4, -0.2) is 67.2 Å². The lowest BCUT2D eigenvalue weighted by atomic mass is 10.1. The van der Waals surface area contributed by atoms with Gasteiger partial charge in [-0.3, -0.25) is 9.44 Å². The zero-order valence-corrected chi connectivity index (χ0v) is 39.1. The van der Waals surface area contributed by atoms with E-state index in [-0.39, 0.29) is 21.0 Å². The Morgan fingerprint density at radius 1 is 0.603 bits per heavy atom. The highest BCUT2D eigenvalue weighted by Gasteiger charge is 2.25. The second-order valence-corrected chi connectivity index (χ2v) is 21.8. The highest BCUT2D eigenvalue weighted by atomic mass is 35.5. The summed E-state index contributed by atoms with van der Waals surface area (Å²) in [5, 5.41) is 28.0. The average molecular weight is 940 g/mol. The summed E-state index contributed by atoms with van der Waals surface area (Å²) >= 11 is 9.03. The Morgan fingerprint density at radius 3 is 1.40 bits per heavy atom. The van der Waals surface area contributed by atoms with E-state index in [4.69, 9.17) is 11.6 Å². The van der Waals surface area contributed by atoms with E-state index in [1.807, 2.05) is 41.8 Å². The molecule has 2 aliphatic heterocycles. The van der Waals surface area contributed by atoms with E-state index in [1.54, 1.807) is 84.1 Å². The molecule has 0 bridgehead atoms. The number of anilines is 4. The maximum Gasteiger partial charge on any atom is 0.261 e. The maximum absolute atomic E-state index is 13.1. The van der Waals surface area contributed by atoms with Gasteiger partial charge in [0.25, 0.3) is 20.0 Å². The molecule has 4 heterocycles. The number of piperazine rings is 2. The van der Waals surface area contributed by atoms with Crippen LogP contribution in [0.25, 0.3) is 20.9 Å². The zero-order valence-electron chi connectivity index (χ0n) is 35.0. The number of hydrogen-bond donors (Lipinski definition) is 4. The first-order valence-electron chi connectivity index (χ1n) is 20.3. The average Bonchev–Trinajstić information content (AvgIpc) is 3.96. The van der Waals surface area contributed by atoms with Crippen LogP contribution in [0.4, 0.5) is 22.7 Å². The molecule has 0 spiro atoms. The van der Waals surface area contributed by atoms with E-state index in [0.717, 1.165) is 58.4 Å². The largest absolute Gasteiger partial charge is 0.368 e. The number of nitrogens with zero attached hydrogens (tertiary/aromatic N) is 4. The molecule has 0 saturated carbocycles. The van der Waals surface area contributed by atoms with Crippen molar-refractivity contribution >= 4 is 77.1 Å². The molecule has 2 aromatic heterocycles. The molecule has 6 aromatic rings. The second kappa shape index (κ2) is 19.5. The summed E-state index contributed by atoms with van der Waals surface area (Å²) in [6.45, 7) is 11.7. The summed E-state index contributed by atoms with van der Waals surface area (Å²) in [5.74, 6) is 0. The van der Waals surface area contributed by atoms with Crippen LogP contribution in [0.2, 0.25) is 4.34 Å². The third kappa shape index (κ3) is 11.2. The minimum absolute atomic E-state index is 0.127. The number of benzene rings is 4. The molecule has 4 aromatic carbocycles. The van der Waals surface area contributed by atoms with Gasteiger partial charge in [0.05, 0.1) is 36.6 Å². The predicted octanol–water partition coefficient (Wildman–Crippen LogP) is 9.20. The zero-order chi connectivity index (χ0) is 44.9. The molecule has 2 fully saturated rings. The molecule has 63 heavy (non-hydrogen) atoms. The Labute approximate surface area is 382 Å². The normalized spacial score (nSPS) is 19.0. The van der Waals surface area contributed by atoms with Crippen molar-refractivity contribution in [3.05, 3.63) is 130 Å². The molecule has 0 aliphatic carbocycles. The van der Waals surface area contributed by atoms with Crippen LogP contribution in [0.15, 0.2) is 124 Å². The fraction of sp³-hybridized carbons (Fsp3) is 0.261. The lowest BCUT2D eigenvalue weighted by Crippen LogP contribution is -2.54. The molecule has 4 N–H and O–H groups in total. The van der Waals surface area contributed by atoms with Crippen molar-refractivity contribution in [1.29, 1.82) is 10.5 Å². The monoisotopic (exact) mass is 938 g/mol. The standard InChI is InChI=1S/C23H23ClN4O2S2.C23H24N4O2S2/c1-15-13-28(14-16(2)26-15)19-6-3-18(12-25)21(11-19)27-32(29,30)20-7-4-17(5-8-20)22-9-10-23(24)31-22;1-16-14-27(15-17(2)25-16)20-8-5-19(13-24)22(12-20)26-31(28,29)21-9-6-18(7-10-21)23-4-3-11-30-23/h3-11,15-16,26-27H,13-14H2,1-2H3;3-12,16-17,25-26H,14-15H2,1-2H3/t15-,16+;16-,17+. The maximum atomic E-state index is 13.1. The topological polar surface area (TPSA) is 170 Å². The van der Waals surface area contributed by atoms with Gasteiger partial charge in [0.2, 0.25) is 0 Å². The SMILES string of the molecule is C[C@@H]1CN(c2ccc(C#N)c(NS(=O)(=O)c3ccc(-c4ccc(Cl)s4)cc3)c2)C[C@H](C)N1.C[C@@H]1CN(c2ccc(C#N)c(NS(=O)(=O)c3ccc(-c4cccs4)cc3)c2)C[C@H](C)N1. The van der Waals surface area contributed by atoms with Crippen LogP contribution in [0, 0.1) is 22.7 Å². The van der Waals surface area contributed by atoms with Crippen molar-refractivity contribution in [2.24, 2.45) is 0 Å². The van der Waals surface area contributed by atoms with Crippen LogP contribution in [0.5, 0.6) is 0 Å². The van der Waals surface area contributed by atoms with Crippen LogP contribution in [-0.2, 0) is 20.0 Å². The smallest absolute Gasteiger partial charge is 0.261 e. The second-order valence-electron chi connectivity index (χ2n) is 15.8. The molecule has 0 radical (unpaired) electrons. The number of sulfonamides is 2. The van der Waals surface area contributed by atoms with Crippen molar-refractivity contribution in [2.75, 3.05) is 45.4 Å². The van der Waals surface area contributed by atoms with E-state index in [2.05, 4.69) is 69.7 Å². The molecule has 12 nitrogen and oxygen atoms in total. The van der Waals surface area contributed by atoms with Gasteiger partial charge < -0.3 is 20.4 Å². The van der Waals surface area contributed by atoms with Gasteiger partial charge in [0.1, 0.15) is 12.1 Å². The first kappa shape index (κ1) is 45.6. The lowest BCUT2D eigenvalue weighted by Gasteiger charge is -2.37. The van der Waals surface area contributed by atoms with Crippen molar-refractivity contribution in [2.45, 2.75) is 61.7 Å². The molecule has 17 heteroatoms. The highest BCUT2D eigenvalue weighted by Crippen LogP contribution is 2.33.